The fraction of sp³-hybridized carbons (Fsp3) is 0.333. The highest BCUT2D eigenvalue weighted by Crippen LogP contribution is 2.31. The first kappa shape index (κ1) is 20.0. The zero-order valence-electron chi connectivity index (χ0n) is 17.9. The zero-order valence-corrected chi connectivity index (χ0v) is 17.9. The third-order valence-electron chi connectivity index (χ3n) is 5.80. The predicted molar refractivity (Wildman–Crippen MR) is 118 cm³/mol. The van der Waals surface area contributed by atoms with E-state index in [1.807, 2.05) is 58.0 Å². The first-order valence-electron chi connectivity index (χ1n) is 10.3. The quantitative estimate of drug-likeness (QED) is 0.675. The van der Waals surface area contributed by atoms with Gasteiger partial charge in [0, 0.05) is 42.8 Å². The van der Waals surface area contributed by atoms with Crippen LogP contribution in [0.25, 0.3) is 11.0 Å². The summed E-state index contributed by atoms with van der Waals surface area (Å²) in [5.74, 6) is 0.293. The molecule has 0 bridgehead atoms. The van der Waals surface area contributed by atoms with E-state index >= 15 is 0 Å². The van der Waals surface area contributed by atoms with Gasteiger partial charge in [0.25, 0.3) is 5.91 Å². The number of urea groups is 1. The Bertz CT molecular complexity index is 1120. The lowest BCUT2D eigenvalue weighted by Gasteiger charge is -2.34. The van der Waals surface area contributed by atoms with Crippen LogP contribution < -0.4 is 5.32 Å². The van der Waals surface area contributed by atoms with Crippen LogP contribution in [0.15, 0.2) is 40.8 Å². The van der Waals surface area contributed by atoms with Crippen LogP contribution in [0.5, 0.6) is 0 Å². The van der Waals surface area contributed by atoms with E-state index in [-0.39, 0.29) is 11.9 Å². The van der Waals surface area contributed by atoms with Gasteiger partial charge in [-0.2, -0.15) is 0 Å². The summed E-state index contributed by atoms with van der Waals surface area (Å²) in [5, 5.41) is 3.96. The summed E-state index contributed by atoms with van der Waals surface area (Å²) >= 11 is 0. The van der Waals surface area contributed by atoms with Crippen molar-refractivity contribution in [3.63, 3.8) is 0 Å². The highest BCUT2D eigenvalue weighted by molar-refractivity contribution is 6.00. The molecule has 2 heterocycles. The molecule has 2 aromatic carbocycles. The second-order valence-electron chi connectivity index (χ2n) is 8.04. The number of benzene rings is 2. The summed E-state index contributed by atoms with van der Waals surface area (Å²) in [4.78, 5) is 29.2. The van der Waals surface area contributed by atoms with Gasteiger partial charge >= 0.3 is 6.03 Å². The van der Waals surface area contributed by atoms with E-state index in [1.54, 1.807) is 9.80 Å². The van der Waals surface area contributed by atoms with Gasteiger partial charge in [-0.05, 0) is 56.5 Å². The number of hydrogen-bond acceptors (Lipinski definition) is 3. The van der Waals surface area contributed by atoms with Crippen molar-refractivity contribution in [3.05, 3.63) is 64.4 Å². The van der Waals surface area contributed by atoms with Gasteiger partial charge in [-0.15, -0.1) is 0 Å². The van der Waals surface area contributed by atoms with E-state index in [0.29, 0.717) is 31.9 Å². The maximum atomic E-state index is 13.1. The summed E-state index contributed by atoms with van der Waals surface area (Å²) in [6, 6.07) is 11.6. The topological polar surface area (TPSA) is 65.8 Å². The molecule has 3 amide bonds. The molecule has 4 rings (SSSR count). The maximum absolute atomic E-state index is 13.1. The number of nitrogens with one attached hydrogen (secondary N) is 1. The molecule has 0 unspecified atom stereocenters. The molecule has 156 valence electrons. The summed E-state index contributed by atoms with van der Waals surface area (Å²) < 4.78 is 6.01. The van der Waals surface area contributed by atoms with E-state index in [9.17, 15) is 9.59 Å². The molecule has 6 nitrogen and oxygen atoms in total. The Balaban J connectivity index is 1.44. The van der Waals surface area contributed by atoms with Crippen LogP contribution in [0.3, 0.4) is 0 Å². The number of amides is 3. The zero-order chi connectivity index (χ0) is 21.4. The molecule has 0 radical (unpaired) electrons. The molecule has 1 aliphatic heterocycles. The first-order valence-corrected chi connectivity index (χ1v) is 10.3. The third kappa shape index (κ3) is 3.65. The Kier molecular flexibility index (Phi) is 5.24. The minimum atomic E-state index is -0.140. The molecule has 1 aromatic heterocycles. The number of furan rings is 1. The second kappa shape index (κ2) is 7.86. The SMILES string of the molecule is Cc1cccc(NC(=O)N2CCN(C(=O)c3oc4c(C)ccc(C)c4c3C)CC2)c1. The van der Waals surface area contributed by atoms with Gasteiger partial charge in [0.1, 0.15) is 5.58 Å². The van der Waals surface area contributed by atoms with Crippen LogP contribution in [0.2, 0.25) is 0 Å². The molecule has 6 heteroatoms. The number of fused-ring (bicyclic) bond motifs is 1. The summed E-state index contributed by atoms with van der Waals surface area (Å²) in [7, 11) is 0. The lowest BCUT2D eigenvalue weighted by Crippen LogP contribution is -2.51. The van der Waals surface area contributed by atoms with Crippen molar-refractivity contribution in [2.24, 2.45) is 0 Å². The molecule has 3 aromatic rings. The van der Waals surface area contributed by atoms with Gasteiger partial charge < -0.3 is 19.5 Å². The van der Waals surface area contributed by atoms with Gasteiger partial charge in [-0.25, -0.2) is 4.79 Å². The lowest BCUT2D eigenvalue weighted by atomic mass is 10.0. The van der Waals surface area contributed by atoms with Gasteiger partial charge in [0.05, 0.1) is 0 Å². The van der Waals surface area contributed by atoms with E-state index < -0.39 is 0 Å². The molecule has 1 saturated heterocycles. The molecule has 1 aliphatic rings. The number of carbonyl (C=O) groups is 2. The van der Waals surface area contributed by atoms with Crippen LogP contribution in [0.4, 0.5) is 10.5 Å². The monoisotopic (exact) mass is 405 g/mol. The summed E-state index contributed by atoms with van der Waals surface area (Å²) in [5.41, 5.74) is 5.67. The molecule has 1 fully saturated rings. The highest BCUT2D eigenvalue weighted by Gasteiger charge is 2.29. The van der Waals surface area contributed by atoms with Crippen molar-refractivity contribution in [2.45, 2.75) is 27.7 Å². The molecular weight excluding hydrogens is 378 g/mol. The largest absolute Gasteiger partial charge is 0.450 e. The summed E-state index contributed by atoms with van der Waals surface area (Å²) in [6.45, 7) is 9.89. The van der Waals surface area contributed by atoms with Crippen LogP contribution >= 0.6 is 0 Å². The normalized spacial score (nSPS) is 14.3. The number of carbonyl (C=O) groups excluding carboxylic acids is 2. The smallest absolute Gasteiger partial charge is 0.321 e. The molecule has 0 aliphatic carbocycles. The third-order valence-corrected chi connectivity index (χ3v) is 5.80. The van der Waals surface area contributed by atoms with Crippen molar-refractivity contribution >= 4 is 28.6 Å². The van der Waals surface area contributed by atoms with E-state index in [0.717, 1.165) is 38.9 Å². The average molecular weight is 405 g/mol. The van der Waals surface area contributed by atoms with E-state index in [4.69, 9.17) is 4.42 Å². The number of aryl methyl sites for hydroxylation is 4. The number of rotatable bonds is 2. The van der Waals surface area contributed by atoms with E-state index in [2.05, 4.69) is 11.4 Å². The second-order valence-corrected chi connectivity index (χ2v) is 8.04. The van der Waals surface area contributed by atoms with Crippen molar-refractivity contribution in [3.8, 4) is 0 Å². The molecule has 0 atom stereocenters. The minimum absolute atomic E-state index is 0.110. The standard InChI is InChI=1S/C24H27N3O3/c1-15-6-5-7-19(14-15)25-24(29)27-12-10-26(11-13-27)23(28)22-18(4)20-16(2)8-9-17(3)21(20)30-22/h5-9,14H,10-13H2,1-4H3,(H,25,29). The highest BCUT2D eigenvalue weighted by atomic mass is 16.3. The Morgan fingerprint density at radius 3 is 2.23 bits per heavy atom. The van der Waals surface area contributed by atoms with Crippen LogP contribution in [0, 0.1) is 27.7 Å². The lowest BCUT2D eigenvalue weighted by molar-refractivity contribution is 0.0642. The molecule has 0 spiro atoms. The van der Waals surface area contributed by atoms with Gasteiger partial charge in [-0.3, -0.25) is 4.79 Å². The van der Waals surface area contributed by atoms with Crippen molar-refractivity contribution < 1.29 is 14.0 Å². The van der Waals surface area contributed by atoms with E-state index in [1.165, 1.54) is 0 Å². The molecular formula is C24H27N3O3. The Hall–Kier alpha value is -3.28. The molecule has 30 heavy (non-hydrogen) atoms. The predicted octanol–water partition coefficient (Wildman–Crippen LogP) is 4.66. The number of piperazine rings is 1. The van der Waals surface area contributed by atoms with Gasteiger partial charge in [0.2, 0.25) is 0 Å². The summed E-state index contributed by atoms with van der Waals surface area (Å²) in [6.07, 6.45) is 0. The minimum Gasteiger partial charge on any atom is -0.450 e. The fourth-order valence-corrected chi connectivity index (χ4v) is 4.06. The van der Waals surface area contributed by atoms with Crippen molar-refractivity contribution in [2.75, 3.05) is 31.5 Å². The number of anilines is 1. The van der Waals surface area contributed by atoms with Crippen molar-refractivity contribution in [1.82, 2.24) is 9.80 Å². The average Bonchev–Trinajstić information content (AvgIpc) is 3.09. The molecule has 1 N–H and O–H groups in total. The van der Waals surface area contributed by atoms with Gasteiger partial charge in [-0.1, -0.05) is 24.3 Å². The van der Waals surface area contributed by atoms with Crippen LogP contribution in [-0.4, -0.2) is 47.9 Å². The van der Waals surface area contributed by atoms with Gasteiger partial charge in [0.15, 0.2) is 5.76 Å². The number of nitrogens with zero attached hydrogens (tertiary/aromatic N) is 2. The maximum Gasteiger partial charge on any atom is 0.321 e. The fourth-order valence-electron chi connectivity index (χ4n) is 4.06. The Labute approximate surface area is 176 Å². The van der Waals surface area contributed by atoms with Crippen LogP contribution in [0.1, 0.15) is 32.8 Å². The Morgan fingerprint density at radius 2 is 1.57 bits per heavy atom. The number of hydrogen-bond donors (Lipinski definition) is 1. The Morgan fingerprint density at radius 1 is 0.900 bits per heavy atom. The van der Waals surface area contributed by atoms with Crippen LogP contribution in [-0.2, 0) is 0 Å². The first-order chi connectivity index (χ1) is 14.3. The molecule has 0 saturated carbocycles. The van der Waals surface area contributed by atoms with Crippen molar-refractivity contribution in [1.29, 1.82) is 0 Å².